The van der Waals surface area contributed by atoms with Gasteiger partial charge in [0.1, 0.15) is 12.3 Å². The van der Waals surface area contributed by atoms with Gasteiger partial charge in [0.25, 0.3) is 0 Å². The monoisotopic (exact) mass is 395 g/mol. The fourth-order valence-corrected chi connectivity index (χ4v) is 3.25. The van der Waals surface area contributed by atoms with Crippen LogP contribution in [0, 0.1) is 13.8 Å². The number of furan rings is 1. The molecule has 0 bridgehead atoms. The number of tetrazole rings is 1. The molecule has 7 nitrogen and oxygen atoms in total. The third-order valence-electron chi connectivity index (χ3n) is 4.61. The highest BCUT2D eigenvalue weighted by Crippen LogP contribution is 2.19. The number of carbonyl (C=O) groups excluding carboxylic acids is 1. The molecule has 0 atom stereocenters. The van der Waals surface area contributed by atoms with Crippen molar-refractivity contribution in [3.63, 3.8) is 0 Å². The van der Waals surface area contributed by atoms with Crippen LogP contribution < -0.4 is 0 Å². The normalized spacial score (nSPS) is 11.1. The molecule has 0 aliphatic heterocycles. The molecule has 0 fully saturated rings. The van der Waals surface area contributed by atoms with E-state index >= 15 is 0 Å². The summed E-state index contributed by atoms with van der Waals surface area (Å²) in [7, 11) is 0. The van der Waals surface area contributed by atoms with E-state index < -0.39 is 0 Å². The quantitative estimate of drug-likeness (QED) is 0.462. The van der Waals surface area contributed by atoms with Crippen molar-refractivity contribution >= 4 is 17.4 Å². The first-order valence-corrected chi connectivity index (χ1v) is 9.15. The summed E-state index contributed by atoms with van der Waals surface area (Å²) in [5, 5.41) is 13.0. The number of carbonyl (C=O) groups is 1. The van der Waals surface area contributed by atoms with Gasteiger partial charge in [-0.3, -0.25) is 4.79 Å². The molecular weight excluding hydrogens is 378 g/mol. The Balaban J connectivity index is 1.52. The maximum atomic E-state index is 12.8. The average molecular weight is 396 g/mol. The Labute approximate surface area is 166 Å². The Hall–Kier alpha value is -3.19. The number of halogens is 1. The third kappa shape index (κ3) is 3.61. The van der Waals surface area contributed by atoms with Gasteiger partial charge in [-0.15, -0.1) is 10.2 Å². The minimum Gasteiger partial charge on any atom is -0.467 e. The molecule has 4 aromatic rings. The average Bonchev–Trinajstić information content (AvgIpc) is 3.40. The first-order chi connectivity index (χ1) is 13.5. The second-order valence-corrected chi connectivity index (χ2v) is 6.96. The van der Waals surface area contributed by atoms with Crippen LogP contribution in [0.1, 0.15) is 27.5 Å². The van der Waals surface area contributed by atoms with Gasteiger partial charge >= 0.3 is 0 Å². The van der Waals surface area contributed by atoms with Crippen molar-refractivity contribution in [1.29, 1.82) is 0 Å². The Morgan fingerprint density at radius 2 is 1.96 bits per heavy atom. The zero-order valence-electron chi connectivity index (χ0n) is 15.5. The number of nitrogens with zero attached hydrogens (tertiary/aromatic N) is 5. The number of hydrogen-bond acceptors (Lipinski definition) is 5. The van der Waals surface area contributed by atoms with E-state index in [-0.39, 0.29) is 12.3 Å². The molecule has 4 rings (SSSR count). The van der Waals surface area contributed by atoms with E-state index in [0.717, 1.165) is 22.7 Å². The van der Waals surface area contributed by atoms with Gasteiger partial charge in [-0.2, -0.15) is 4.80 Å². The lowest BCUT2D eigenvalue weighted by Crippen LogP contribution is -2.14. The molecule has 0 radical (unpaired) electrons. The Morgan fingerprint density at radius 1 is 1.18 bits per heavy atom. The van der Waals surface area contributed by atoms with Gasteiger partial charge in [0.2, 0.25) is 5.82 Å². The molecule has 0 amide bonds. The number of aromatic nitrogens is 5. The number of ketones is 1. The number of Topliss-reactive ketones (excluding diaryl/α,β-unsaturated/α-hetero) is 1. The minimum atomic E-state index is -0.0705. The van der Waals surface area contributed by atoms with Crippen LogP contribution in [0.2, 0.25) is 5.02 Å². The molecular formula is C20H18ClN5O2. The topological polar surface area (TPSA) is 78.7 Å². The largest absolute Gasteiger partial charge is 0.467 e. The predicted molar refractivity (Wildman–Crippen MR) is 104 cm³/mol. The summed E-state index contributed by atoms with van der Waals surface area (Å²) < 4.78 is 7.47. The SMILES string of the molecule is Cc1cc(C(=O)Cn2nnc(-c3ccc(Cl)cc3)n2)c(C)n1Cc1ccco1. The maximum absolute atomic E-state index is 12.8. The molecule has 0 saturated heterocycles. The number of benzene rings is 1. The Morgan fingerprint density at radius 3 is 2.68 bits per heavy atom. The van der Waals surface area contributed by atoms with Gasteiger partial charge in [0, 0.05) is 27.5 Å². The predicted octanol–water partition coefficient (Wildman–Crippen LogP) is 3.94. The van der Waals surface area contributed by atoms with E-state index in [1.807, 2.05) is 44.2 Å². The third-order valence-corrected chi connectivity index (χ3v) is 4.86. The van der Waals surface area contributed by atoms with E-state index in [1.54, 1.807) is 18.4 Å². The summed E-state index contributed by atoms with van der Waals surface area (Å²) in [6.07, 6.45) is 1.64. The van der Waals surface area contributed by atoms with Crippen LogP contribution in [0.25, 0.3) is 11.4 Å². The highest BCUT2D eigenvalue weighted by molar-refractivity contribution is 6.30. The lowest BCUT2D eigenvalue weighted by Gasteiger charge is -2.07. The van der Waals surface area contributed by atoms with Crippen LogP contribution in [0.3, 0.4) is 0 Å². The summed E-state index contributed by atoms with van der Waals surface area (Å²) in [5.74, 6) is 1.22. The molecule has 1 aromatic carbocycles. The first kappa shape index (κ1) is 18.2. The van der Waals surface area contributed by atoms with Crippen molar-refractivity contribution in [3.05, 3.63) is 76.5 Å². The fraction of sp³-hybridized carbons (Fsp3) is 0.200. The van der Waals surface area contributed by atoms with Gasteiger partial charge in [-0.1, -0.05) is 11.6 Å². The summed E-state index contributed by atoms with van der Waals surface area (Å²) in [6.45, 7) is 4.50. The molecule has 28 heavy (non-hydrogen) atoms. The molecule has 0 N–H and O–H groups in total. The highest BCUT2D eigenvalue weighted by atomic mass is 35.5. The van der Waals surface area contributed by atoms with Crippen LogP contribution in [-0.2, 0) is 13.1 Å². The summed E-state index contributed by atoms with van der Waals surface area (Å²) in [6, 6.07) is 12.8. The summed E-state index contributed by atoms with van der Waals surface area (Å²) in [4.78, 5) is 14.1. The second kappa shape index (κ2) is 7.44. The molecule has 3 aromatic heterocycles. The molecule has 3 heterocycles. The van der Waals surface area contributed by atoms with Gasteiger partial charge in [0.15, 0.2) is 5.78 Å². The van der Waals surface area contributed by atoms with Crippen molar-refractivity contribution in [1.82, 2.24) is 24.8 Å². The van der Waals surface area contributed by atoms with E-state index in [2.05, 4.69) is 20.0 Å². The standard InChI is InChI=1S/C20H18ClN5O2/c1-13-10-18(14(2)25(13)11-17-4-3-9-28-17)19(27)12-26-23-20(22-24-26)15-5-7-16(21)8-6-15/h3-10H,11-12H2,1-2H3. The van der Waals surface area contributed by atoms with Crippen LogP contribution in [-0.4, -0.2) is 30.6 Å². The molecule has 0 saturated carbocycles. The Kier molecular flexibility index (Phi) is 4.83. The van der Waals surface area contributed by atoms with E-state index in [1.165, 1.54) is 4.80 Å². The van der Waals surface area contributed by atoms with E-state index in [4.69, 9.17) is 16.0 Å². The maximum Gasteiger partial charge on any atom is 0.204 e. The number of aryl methyl sites for hydroxylation is 1. The van der Waals surface area contributed by atoms with Gasteiger partial charge < -0.3 is 8.98 Å². The molecule has 142 valence electrons. The summed E-state index contributed by atoms with van der Waals surface area (Å²) in [5.41, 5.74) is 3.32. The van der Waals surface area contributed by atoms with Crippen molar-refractivity contribution in [3.8, 4) is 11.4 Å². The molecule has 0 aliphatic carbocycles. The van der Waals surface area contributed by atoms with Gasteiger partial charge in [0.05, 0.1) is 12.8 Å². The Bertz CT molecular complexity index is 1110. The molecule has 0 unspecified atom stereocenters. The van der Waals surface area contributed by atoms with Crippen LogP contribution in [0.4, 0.5) is 0 Å². The minimum absolute atomic E-state index is 0.0195. The van der Waals surface area contributed by atoms with Crippen molar-refractivity contribution < 1.29 is 9.21 Å². The molecule has 0 spiro atoms. The van der Waals surface area contributed by atoms with Crippen LogP contribution >= 0.6 is 11.6 Å². The molecule has 8 heteroatoms. The lowest BCUT2D eigenvalue weighted by atomic mass is 10.1. The number of hydrogen-bond donors (Lipinski definition) is 0. The van der Waals surface area contributed by atoms with Crippen LogP contribution in [0.15, 0.2) is 53.1 Å². The van der Waals surface area contributed by atoms with Gasteiger partial charge in [-0.25, -0.2) is 0 Å². The fourth-order valence-electron chi connectivity index (χ4n) is 3.12. The smallest absolute Gasteiger partial charge is 0.204 e. The summed E-state index contributed by atoms with van der Waals surface area (Å²) >= 11 is 5.90. The second-order valence-electron chi connectivity index (χ2n) is 6.52. The van der Waals surface area contributed by atoms with Gasteiger partial charge in [-0.05, 0) is 61.5 Å². The first-order valence-electron chi connectivity index (χ1n) is 8.77. The van der Waals surface area contributed by atoms with Crippen molar-refractivity contribution in [2.75, 3.05) is 0 Å². The van der Waals surface area contributed by atoms with E-state index in [9.17, 15) is 4.79 Å². The highest BCUT2D eigenvalue weighted by Gasteiger charge is 2.18. The van der Waals surface area contributed by atoms with Crippen molar-refractivity contribution in [2.24, 2.45) is 0 Å². The van der Waals surface area contributed by atoms with Crippen LogP contribution in [0.5, 0.6) is 0 Å². The zero-order chi connectivity index (χ0) is 19.7. The van der Waals surface area contributed by atoms with Crippen molar-refractivity contribution in [2.45, 2.75) is 26.9 Å². The van der Waals surface area contributed by atoms with E-state index in [0.29, 0.717) is 23.0 Å². The zero-order valence-corrected chi connectivity index (χ0v) is 16.2. The molecule has 0 aliphatic rings. The number of rotatable bonds is 6. The lowest BCUT2D eigenvalue weighted by molar-refractivity contribution is 0.0960.